The molecular weight excluding hydrogens is 358 g/mol. The summed E-state index contributed by atoms with van der Waals surface area (Å²) in [5, 5.41) is 12.5. The molecule has 7 heteroatoms. The number of aromatic nitrogens is 4. The van der Waals surface area contributed by atoms with Crippen molar-refractivity contribution >= 4 is 17.7 Å². The van der Waals surface area contributed by atoms with E-state index in [1.54, 1.807) is 12.4 Å². The quantitative estimate of drug-likeness (QED) is 0.609. The van der Waals surface area contributed by atoms with Gasteiger partial charge < -0.3 is 9.88 Å². The van der Waals surface area contributed by atoms with Gasteiger partial charge in [0.2, 0.25) is 5.91 Å². The van der Waals surface area contributed by atoms with Crippen LogP contribution < -0.4 is 5.32 Å². The van der Waals surface area contributed by atoms with Crippen molar-refractivity contribution in [3.8, 4) is 0 Å². The fraction of sp³-hybridized carbons (Fsp3) is 0.300. The van der Waals surface area contributed by atoms with Crippen LogP contribution in [0.4, 0.5) is 0 Å². The van der Waals surface area contributed by atoms with Crippen LogP contribution in [-0.4, -0.2) is 31.4 Å². The fourth-order valence-corrected chi connectivity index (χ4v) is 3.62. The third kappa shape index (κ3) is 4.74. The number of hydrogen-bond donors (Lipinski definition) is 1. The minimum Gasteiger partial charge on any atom is -0.351 e. The summed E-state index contributed by atoms with van der Waals surface area (Å²) in [6.45, 7) is 1.22. The number of nitrogens with one attached hydrogen (secondary N) is 1. The average molecular weight is 379 g/mol. The van der Waals surface area contributed by atoms with Crippen molar-refractivity contribution < 1.29 is 4.79 Å². The second kappa shape index (κ2) is 8.35. The maximum atomic E-state index is 12.2. The van der Waals surface area contributed by atoms with Gasteiger partial charge in [0.25, 0.3) is 0 Å². The zero-order valence-corrected chi connectivity index (χ0v) is 15.7. The molecule has 1 N–H and O–H groups in total. The Balaban J connectivity index is 1.39. The van der Waals surface area contributed by atoms with Crippen molar-refractivity contribution in [2.45, 2.75) is 37.0 Å². The van der Waals surface area contributed by atoms with Crippen LogP contribution in [-0.2, 0) is 17.9 Å². The van der Waals surface area contributed by atoms with Gasteiger partial charge in [0.1, 0.15) is 5.82 Å². The van der Waals surface area contributed by atoms with Crippen LogP contribution in [0.15, 0.2) is 60.0 Å². The molecule has 6 nitrogen and oxygen atoms in total. The van der Waals surface area contributed by atoms with Gasteiger partial charge in [-0.25, -0.2) is 0 Å². The van der Waals surface area contributed by atoms with E-state index in [1.165, 1.54) is 30.2 Å². The van der Waals surface area contributed by atoms with E-state index in [0.717, 1.165) is 23.1 Å². The highest BCUT2D eigenvalue weighted by Gasteiger charge is 2.30. The van der Waals surface area contributed by atoms with Gasteiger partial charge in [-0.2, -0.15) is 0 Å². The van der Waals surface area contributed by atoms with Crippen LogP contribution in [0.2, 0.25) is 0 Å². The van der Waals surface area contributed by atoms with Crippen molar-refractivity contribution in [1.82, 2.24) is 25.1 Å². The standard InChI is InChI=1S/C20H21N5OS/c26-18(22-12-16-7-4-10-21-11-16)14-27-20-24-23-19(17-8-9-17)25(20)13-15-5-2-1-3-6-15/h1-7,10-11,17H,8-9,12-14H2,(H,22,26). The normalized spacial score (nSPS) is 13.5. The molecule has 0 bridgehead atoms. The molecule has 0 saturated heterocycles. The maximum Gasteiger partial charge on any atom is 0.230 e. The van der Waals surface area contributed by atoms with E-state index in [0.29, 0.717) is 18.2 Å². The average Bonchev–Trinajstić information content (AvgIpc) is 3.48. The molecule has 1 saturated carbocycles. The molecule has 0 unspecified atom stereocenters. The van der Waals surface area contributed by atoms with Crippen molar-refractivity contribution in [2.24, 2.45) is 0 Å². The van der Waals surface area contributed by atoms with E-state index < -0.39 is 0 Å². The molecule has 0 radical (unpaired) electrons. The van der Waals surface area contributed by atoms with Crippen LogP contribution in [0.3, 0.4) is 0 Å². The van der Waals surface area contributed by atoms with Crippen LogP contribution in [0, 0.1) is 0 Å². The monoisotopic (exact) mass is 379 g/mol. The van der Waals surface area contributed by atoms with E-state index in [9.17, 15) is 4.79 Å². The third-order valence-electron chi connectivity index (χ3n) is 4.42. The van der Waals surface area contributed by atoms with Gasteiger partial charge in [0.15, 0.2) is 5.16 Å². The van der Waals surface area contributed by atoms with Gasteiger partial charge in [-0.1, -0.05) is 48.2 Å². The molecule has 4 rings (SSSR count). The molecule has 2 heterocycles. The molecule has 1 aliphatic carbocycles. The van der Waals surface area contributed by atoms with E-state index in [4.69, 9.17) is 0 Å². The topological polar surface area (TPSA) is 72.7 Å². The summed E-state index contributed by atoms with van der Waals surface area (Å²) in [7, 11) is 0. The Hall–Kier alpha value is -2.67. The lowest BCUT2D eigenvalue weighted by molar-refractivity contribution is -0.118. The summed E-state index contributed by atoms with van der Waals surface area (Å²) in [6.07, 6.45) is 5.82. The predicted octanol–water partition coefficient (Wildman–Crippen LogP) is 3.01. The zero-order chi connectivity index (χ0) is 18.5. The largest absolute Gasteiger partial charge is 0.351 e. The summed E-state index contributed by atoms with van der Waals surface area (Å²) < 4.78 is 2.16. The van der Waals surface area contributed by atoms with Gasteiger partial charge in [-0.3, -0.25) is 9.78 Å². The number of amides is 1. The van der Waals surface area contributed by atoms with Crippen molar-refractivity contribution in [3.63, 3.8) is 0 Å². The number of benzene rings is 1. The number of nitrogens with zero attached hydrogens (tertiary/aromatic N) is 4. The molecule has 27 heavy (non-hydrogen) atoms. The smallest absolute Gasteiger partial charge is 0.230 e. The van der Waals surface area contributed by atoms with Crippen LogP contribution in [0.25, 0.3) is 0 Å². The molecular formula is C20H21N5OS. The molecule has 0 atom stereocenters. The summed E-state index contributed by atoms with van der Waals surface area (Å²) in [4.78, 5) is 16.3. The van der Waals surface area contributed by atoms with Crippen molar-refractivity contribution in [2.75, 3.05) is 5.75 Å². The highest BCUT2D eigenvalue weighted by molar-refractivity contribution is 7.99. The first kappa shape index (κ1) is 17.7. The molecule has 1 amide bonds. The Labute approximate surface area is 162 Å². The lowest BCUT2D eigenvalue weighted by Gasteiger charge is -2.10. The Morgan fingerprint density at radius 2 is 1.93 bits per heavy atom. The fourth-order valence-electron chi connectivity index (χ4n) is 2.85. The van der Waals surface area contributed by atoms with E-state index >= 15 is 0 Å². The maximum absolute atomic E-state index is 12.2. The molecule has 1 aliphatic rings. The SMILES string of the molecule is O=C(CSc1nnc(C2CC2)n1Cc1ccccc1)NCc1cccnc1. The van der Waals surface area contributed by atoms with E-state index in [2.05, 4.69) is 37.2 Å². The Morgan fingerprint density at radius 3 is 2.67 bits per heavy atom. The number of carbonyl (C=O) groups excluding carboxylic acids is 1. The van der Waals surface area contributed by atoms with Crippen LogP contribution in [0.5, 0.6) is 0 Å². The molecule has 0 spiro atoms. The van der Waals surface area contributed by atoms with Gasteiger partial charge in [-0.05, 0) is 30.0 Å². The minimum absolute atomic E-state index is 0.0221. The first-order chi connectivity index (χ1) is 13.3. The molecule has 1 aromatic carbocycles. The van der Waals surface area contributed by atoms with E-state index in [-0.39, 0.29) is 5.91 Å². The molecule has 0 aliphatic heterocycles. The first-order valence-electron chi connectivity index (χ1n) is 9.05. The number of carbonyl (C=O) groups is 1. The Bertz CT molecular complexity index is 893. The van der Waals surface area contributed by atoms with Gasteiger partial charge >= 0.3 is 0 Å². The summed E-state index contributed by atoms with van der Waals surface area (Å²) >= 11 is 1.44. The molecule has 1 fully saturated rings. The first-order valence-corrected chi connectivity index (χ1v) is 10.0. The molecule has 3 aromatic rings. The van der Waals surface area contributed by atoms with E-state index in [1.807, 2.05) is 30.3 Å². The predicted molar refractivity (Wildman–Crippen MR) is 104 cm³/mol. The number of pyridine rings is 1. The van der Waals surface area contributed by atoms with Gasteiger partial charge in [0.05, 0.1) is 12.3 Å². The number of rotatable bonds is 8. The Morgan fingerprint density at radius 1 is 1.11 bits per heavy atom. The summed E-state index contributed by atoms with van der Waals surface area (Å²) in [6, 6.07) is 14.1. The Kier molecular flexibility index (Phi) is 5.48. The van der Waals surface area contributed by atoms with Gasteiger partial charge in [0, 0.05) is 24.9 Å². The van der Waals surface area contributed by atoms with Crippen LogP contribution >= 0.6 is 11.8 Å². The third-order valence-corrected chi connectivity index (χ3v) is 5.38. The lowest BCUT2D eigenvalue weighted by Crippen LogP contribution is -2.24. The summed E-state index contributed by atoms with van der Waals surface area (Å²) in [5.41, 5.74) is 2.20. The molecule has 2 aromatic heterocycles. The highest BCUT2D eigenvalue weighted by atomic mass is 32.2. The van der Waals surface area contributed by atoms with Crippen molar-refractivity contribution in [1.29, 1.82) is 0 Å². The minimum atomic E-state index is -0.0221. The second-order valence-electron chi connectivity index (χ2n) is 6.61. The molecule has 138 valence electrons. The highest BCUT2D eigenvalue weighted by Crippen LogP contribution is 2.40. The second-order valence-corrected chi connectivity index (χ2v) is 7.56. The van der Waals surface area contributed by atoms with Crippen LogP contribution in [0.1, 0.15) is 35.7 Å². The number of thioether (sulfide) groups is 1. The lowest BCUT2D eigenvalue weighted by atomic mass is 10.2. The van der Waals surface area contributed by atoms with Crippen molar-refractivity contribution in [3.05, 3.63) is 71.8 Å². The zero-order valence-electron chi connectivity index (χ0n) is 14.9. The van der Waals surface area contributed by atoms with Gasteiger partial charge in [-0.15, -0.1) is 10.2 Å². The summed E-state index contributed by atoms with van der Waals surface area (Å²) in [5.74, 6) is 1.84. The number of hydrogen-bond acceptors (Lipinski definition) is 5.